The molecule has 0 spiro atoms. The molecule has 2 aromatic carbocycles. The van der Waals surface area contributed by atoms with E-state index in [1.54, 1.807) is 49.7 Å². The van der Waals surface area contributed by atoms with Gasteiger partial charge in [-0.3, -0.25) is 47.9 Å². The summed E-state index contributed by atoms with van der Waals surface area (Å²) in [6, 6.07) is 5.63. The van der Waals surface area contributed by atoms with E-state index in [1.807, 2.05) is 18.2 Å². The van der Waals surface area contributed by atoms with E-state index in [2.05, 4.69) is 26.6 Å². The van der Waals surface area contributed by atoms with E-state index in [0.717, 1.165) is 28.7 Å². The van der Waals surface area contributed by atoms with Gasteiger partial charge in [-0.15, -0.1) is 5.06 Å². The van der Waals surface area contributed by atoms with Crippen molar-refractivity contribution in [1.82, 2.24) is 46.0 Å². The van der Waals surface area contributed by atoms with Crippen molar-refractivity contribution in [1.29, 1.82) is 0 Å². The second-order valence-electron chi connectivity index (χ2n) is 20.7. The highest BCUT2D eigenvalue weighted by atomic mass is 19.1. The highest BCUT2D eigenvalue weighted by molar-refractivity contribution is 6.01. The molecule has 1 saturated heterocycles. The van der Waals surface area contributed by atoms with Crippen LogP contribution in [-0.4, -0.2) is 163 Å². The van der Waals surface area contributed by atoms with Gasteiger partial charge in [-0.2, -0.15) is 0 Å². The predicted molar refractivity (Wildman–Crippen MR) is 285 cm³/mol. The van der Waals surface area contributed by atoms with Gasteiger partial charge in [0.2, 0.25) is 41.4 Å². The van der Waals surface area contributed by atoms with E-state index < -0.39 is 163 Å². The summed E-state index contributed by atoms with van der Waals surface area (Å²) < 4.78 is 31.7. The van der Waals surface area contributed by atoms with Crippen LogP contribution in [0.25, 0.3) is 11.1 Å². The van der Waals surface area contributed by atoms with Crippen molar-refractivity contribution in [2.45, 2.75) is 142 Å². The van der Waals surface area contributed by atoms with Crippen LogP contribution >= 0.6 is 0 Å². The number of carbonyl (C=O) groups excluding carboxylic acids is 10. The third-order valence-electron chi connectivity index (χ3n) is 13.2. The predicted octanol–water partition coefficient (Wildman–Crippen LogP) is 1.84. The number of hydroxylamine groups is 2. The lowest BCUT2D eigenvalue weighted by molar-refractivity contribution is -0.197. The Hall–Kier alpha value is -8.62. The van der Waals surface area contributed by atoms with Crippen LogP contribution in [0.3, 0.4) is 0 Å². The Bertz CT molecular complexity index is 2840. The van der Waals surface area contributed by atoms with Crippen LogP contribution in [0.1, 0.15) is 117 Å². The first-order valence-electron chi connectivity index (χ1n) is 26.4. The number of halogens is 2. The molecule has 9 amide bonds. The Balaban J connectivity index is 1.55. The van der Waals surface area contributed by atoms with Gasteiger partial charge < -0.3 is 61.1 Å². The first kappa shape index (κ1) is 65.9. The number of aliphatic hydroxyl groups is 1. The standard InChI is InChI=1S/C55H71F2N9O16/c1-31(60-51(77)33(3)63(7)53(79)32(2)59-42(68)14-11-15-48(75)82-66-44(70)19-20-45(66)71)50(76)62-39(52(78)58-24-22-43(69)61-40(54(80)81)18-21-47(73)74)23-25-65(46(72)30-67)49(55(4,5)6)41-26-35(37-27-36(56)16-17-38(37)57)29-64(41)28-34-12-9-8-10-13-34/h8-10,12-13,16-17,26-27,29,31-33,39-40,49,67H,11,14-15,18-25,28,30H2,1-7H3,(H,58,78)(H,59,68)(H,60,77)(H,61,69)(H,62,76)(H,73,74)(H,80,81). The Morgan fingerprint density at radius 3 is 2.00 bits per heavy atom. The van der Waals surface area contributed by atoms with Gasteiger partial charge in [0, 0.05) is 88.2 Å². The van der Waals surface area contributed by atoms with Crippen LogP contribution in [0.5, 0.6) is 0 Å². The van der Waals surface area contributed by atoms with Gasteiger partial charge in [-0.1, -0.05) is 51.1 Å². The molecule has 25 nitrogen and oxygen atoms in total. The minimum Gasteiger partial charge on any atom is -0.481 e. The lowest BCUT2D eigenvalue weighted by atomic mass is 9.82. The van der Waals surface area contributed by atoms with Gasteiger partial charge in [0.25, 0.3) is 11.8 Å². The molecule has 4 rings (SSSR count). The first-order valence-corrected chi connectivity index (χ1v) is 26.4. The number of imide groups is 1. The van der Waals surface area contributed by atoms with E-state index in [4.69, 9.17) is 9.94 Å². The number of hydrogen-bond acceptors (Lipinski definition) is 14. The van der Waals surface area contributed by atoms with E-state index in [0.29, 0.717) is 10.8 Å². The molecule has 6 atom stereocenters. The highest BCUT2D eigenvalue weighted by Gasteiger charge is 2.39. The fourth-order valence-corrected chi connectivity index (χ4v) is 8.79. The average Bonchev–Trinajstić information content (AvgIpc) is 4.05. The fourth-order valence-electron chi connectivity index (χ4n) is 8.79. The molecule has 27 heteroatoms. The quantitative estimate of drug-likeness (QED) is 0.0442. The Morgan fingerprint density at radius 1 is 0.744 bits per heavy atom. The number of aliphatic carboxylic acids is 2. The number of benzene rings is 2. The maximum Gasteiger partial charge on any atom is 0.333 e. The maximum absolute atomic E-state index is 15.4. The van der Waals surface area contributed by atoms with Gasteiger partial charge in [0.15, 0.2) is 0 Å². The highest BCUT2D eigenvalue weighted by Crippen LogP contribution is 2.41. The molecule has 2 heterocycles. The average molecular weight is 1150 g/mol. The van der Waals surface area contributed by atoms with E-state index >= 15 is 4.39 Å². The lowest BCUT2D eigenvalue weighted by Crippen LogP contribution is -2.57. The summed E-state index contributed by atoms with van der Waals surface area (Å²) in [5, 5.41) is 41.5. The van der Waals surface area contributed by atoms with Gasteiger partial charge in [-0.25, -0.2) is 18.4 Å². The van der Waals surface area contributed by atoms with Crippen LogP contribution in [0.2, 0.25) is 0 Å². The van der Waals surface area contributed by atoms with Crippen molar-refractivity contribution in [2.24, 2.45) is 5.41 Å². The molecule has 82 heavy (non-hydrogen) atoms. The number of rotatable bonds is 30. The number of nitrogens with zero attached hydrogens (tertiary/aromatic N) is 4. The molecule has 1 aliphatic rings. The molecule has 3 aromatic rings. The van der Waals surface area contributed by atoms with Crippen molar-refractivity contribution in [2.75, 3.05) is 26.7 Å². The van der Waals surface area contributed by atoms with E-state index in [1.165, 1.54) is 32.7 Å². The number of amides is 9. The minimum absolute atomic E-state index is 0.0632. The van der Waals surface area contributed by atoms with Gasteiger partial charge in [-0.05, 0) is 75.3 Å². The molecule has 0 bridgehead atoms. The topological polar surface area (TPSA) is 350 Å². The first-order chi connectivity index (χ1) is 38.5. The monoisotopic (exact) mass is 1150 g/mol. The summed E-state index contributed by atoms with van der Waals surface area (Å²) in [5.74, 6) is -12.3. The molecular formula is C55H71F2N9O16. The van der Waals surface area contributed by atoms with Gasteiger partial charge in [0.1, 0.15) is 48.5 Å². The summed E-state index contributed by atoms with van der Waals surface area (Å²) >= 11 is 0. The number of nitrogens with one attached hydrogen (secondary N) is 5. The molecule has 6 unspecified atom stereocenters. The Morgan fingerprint density at radius 2 is 1.39 bits per heavy atom. The number of likely N-dealkylation sites (N-methyl/N-ethyl adjacent to an activating group) is 1. The molecular weight excluding hydrogens is 1080 g/mol. The number of hydrogen-bond donors (Lipinski definition) is 8. The summed E-state index contributed by atoms with van der Waals surface area (Å²) in [5.41, 5.74) is 0.474. The summed E-state index contributed by atoms with van der Waals surface area (Å²) in [6.07, 6.45) is -1.16. The van der Waals surface area contributed by atoms with Crippen molar-refractivity contribution in [3.63, 3.8) is 0 Å². The van der Waals surface area contributed by atoms with E-state index in [9.17, 15) is 72.1 Å². The van der Waals surface area contributed by atoms with Crippen molar-refractivity contribution < 1.29 is 86.5 Å². The largest absolute Gasteiger partial charge is 0.481 e. The normalized spacial score (nSPS) is 14.5. The maximum atomic E-state index is 15.4. The van der Waals surface area contributed by atoms with Crippen molar-refractivity contribution >= 4 is 71.1 Å². The molecule has 1 fully saturated rings. The SMILES string of the molecule is CC(NC(=O)C(C)N(C)C(=O)C(C)NC(=O)CCCC(=O)ON1C(=O)CCC1=O)C(=O)NC(CCN(C(=O)CO)C(c1cc(-c2cc(F)ccc2F)cn1Cc1ccccc1)C(C)(C)C)C(=O)NCCC(=O)NC(CCC(=O)O)C(=O)O. The molecule has 0 aliphatic carbocycles. The number of aliphatic hydroxyl groups excluding tert-OH is 1. The molecule has 0 radical (unpaired) electrons. The molecule has 446 valence electrons. The third kappa shape index (κ3) is 19.3. The van der Waals surface area contributed by atoms with Crippen LogP contribution in [0.4, 0.5) is 8.78 Å². The van der Waals surface area contributed by atoms with Crippen LogP contribution < -0.4 is 26.6 Å². The zero-order chi connectivity index (χ0) is 61.2. The summed E-state index contributed by atoms with van der Waals surface area (Å²) in [6.45, 7) is 7.63. The molecule has 0 saturated carbocycles. The van der Waals surface area contributed by atoms with Crippen molar-refractivity contribution in [3.05, 3.63) is 83.7 Å². The van der Waals surface area contributed by atoms with Crippen molar-refractivity contribution in [3.8, 4) is 11.1 Å². The fraction of sp³-hybridized carbons (Fsp3) is 0.491. The van der Waals surface area contributed by atoms with Crippen LogP contribution in [0, 0.1) is 17.0 Å². The minimum atomic E-state index is -1.57. The zero-order valence-electron chi connectivity index (χ0n) is 46.6. The third-order valence-corrected chi connectivity index (χ3v) is 13.2. The Kier molecular flexibility index (Phi) is 24.3. The van der Waals surface area contributed by atoms with Crippen LogP contribution in [0.15, 0.2) is 60.8 Å². The van der Waals surface area contributed by atoms with Gasteiger partial charge >= 0.3 is 17.9 Å². The Labute approximate surface area is 471 Å². The smallest absolute Gasteiger partial charge is 0.333 e. The zero-order valence-corrected chi connectivity index (χ0v) is 46.6. The second kappa shape index (κ2) is 30.3. The molecule has 1 aliphatic heterocycles. The summed E-state index contributed by atoms with van der Waals surface area (Å²) in [7, 11) is 1.26. The van der Waals surface area contributed by atoms with E-state index in [-0.39, 0.29) is 56.3 Å². The number of carboxylic acids is 2. The number of carboxylic acid groups (broad SMARTS) is 2. The van der Waals surface area contributed by atoms with Gasteiger partial charge in [0.05, 0.1) is 6.04 Å². The number of aromatic nitrogens is 1. The summed E-state index contributed by atoms with van der Waals surface area (Å²) in [4.78, 5) is 160. The number of carbonyl (C=O) groups is 12. The molecule has 1 aromatic heterocycles. The second-order valence-corrected chi connectivity index (χ2v) is 20.7. The molecule has 8 N–H and O–H groups in total. The van der Waals surface area contributed by atoms with Crippen LogP contribution in [-0.2, 0) is 68.9 Å². The lowest BCUT2D eigenvalue weighted by Gasteiger charge is -2.41.